The average molecular weight is 374 g/mol. The number of hydrogen-bond acceptors (Lipinski definition) is 6. The van der Waals surface area contributed by atoms with E-state index in [1.54, 1.807) is 6.20 Å². The van der Waals surface area contributed by atoms with Crippen molar-refractivity contribution >= 4 is 34.2 Å². The molecule has 0 aliphatic heterocycles. The fourth-order valence-electron chi connectivity index (χ4n) is 2.82. The Balaban J connectivity index is 1.83. The molecule has 0 fully saturated rings. The Morgan fingerprint density at radius 2 is 2.04 bits per heavy atom. The van der Waals surface area contributed by atoms with E-state index < -0.39 is 0 Å². The molecule has 0 aliphatic rings. The molecular formula is C22H26N6. The second-order valence-corrected chi connectivity index (χ2v) is 6.79. The van der Waals surface area contributed by atoms with Crippen molar-refractivity contribution in [2.75, 3.05) is 17.7 Å². The molecule has 144 valence electrons. The van der Waals surface area contributed by atoms with Gasteiger partial charge in [-0.25, -0.2) is 4.98 Å². The lowest BCUT2D eigenvalue weighted by Gasteiger charge is -2.14. The van der Waals surface area contributed by atoms with Gasteiger partial charge in [0, 0.05) is 49.2 Å². The predicted octanol–water partition coefficient (Wildman–Crippen LogP) is 4.27. The van der Waals surface area contributed by atoms with Crippen molar-refractivity contribution in [1.82, 2.24) is 15.3 Å². The van der Waals surface area contributed by atoms with Gasteiger partial charge in [0.05, 0.1) is 16.9 Å². The molecule has 0 aliphatic carbocycles. The summed E-state index contributed by atoms with van der Waals surface area (Å²) in [7, 11) is 1.87. The van der Waals surface area contributed by atoms with Crippen LogP contribution in [0.4, 0.5) is 11.5 Å². The SMILES string of the molecule is CNc1ccc(/C(C=N)=C/NC(C)C)nc1NCc1ccc2ncccc2c1. The fraction of sp³-hybridized carbons (Fsp3) is 0.227. The molecule has 6 nitrogen and oxygen atoms in total. The largest absolute Gasteiger partial charge is 0.388 e. The molecule has 4 N–H and O–H groups in total. The molecule has 0 saturated heterocycles. The molecule has 0 bridgehead atoms. The van der Waals surface area contributed by atoms with Crippen LogP contribution in [-0.2, 0) is 6.54 Å². The Bertz CT molecular complexity index is 993. The smallest absolute Gasteiger partial charge is 0.150 e. The molecule has 2 aromatic heterocycles. The molecule has 0 saturated carbocycles. The van der Waals surface area contributed by atoms with E-state index in [1.807, 2.05) is 37.5 Å². The van der Waals surface area contributed by atoms with Gasteiger partial charge in [0.1, 0.15) is 5.82 Å². The highest BCUT2D eigenvalue weighted by molar-refractivity contribution is 6.07. The van der Waals surface area contributed by atoms with Gasteiger partial charge >= 0.3 is 0 Å². The van der Waals surface area contributed by atoms with Gasteiger partial charge in [-0.2, -0.15) is 0 Å². The highest BCUT2D eigenvalue weighted by Crippen LogP contribution is 2.23. The fourth-order valence-corrected chi connectivity index (χ4v) is 2.82. The number of nitrogens with one attached hydrogen (secondary N) is 4. The van der Waals surface area contributed by atoms with Gasteiger partial charge in [-0.3, -0.25) is 4.98 Å². The Labute approximate surface area is 165 Å². The molecule has 6 heteroatoms. The lowest BCUT2D eigenvalue weighted by molar-refractivity contribution is 0.704. The Kier molecular flexibility index (Phi) is 6.22. The number of aromatic nitrogens is 2. The van der Waals surface area contributed by atoms with Crippen LogP contribution in [0, 0.1) is 5.41 Å². The molecular weight excluding hydrogens is 348 g/mol. The number of pyridine rings is 2. The first-order chi connectivity index (χ1) is 13.6. The molecule has 0 amide bonds. The summed E-state index contributed by atoms with van der Waals surface area (Å²) >= 11 is 0. The summed E-state index contributed by atoms with van der Waals surface area (Å²) in [5.74, 6) is 0.753. The molecule has 0 unspecified atom stereocenters. The molecule has 3 aromatic rings. The van der Waals surface area contributed by atoms with E-state index in [0.29, 0.717) is 12.6 Å². The first-order valence-electron chi connectivity index (χ1n) is 9.34. The number of rotatable bonds is 8. The van der Waals surface area contributed by atoms with E-state index in [2.05, 4.69) is 53.0 Å². The number of nitrogens with zero attached hydrogens (tertiary/aromatic N) is 2. The number of fused-ring (bicyclic) bond motifs is 1. The van der Waals surface area contributed by atoms with Crippen LogP contribution in [0.5, 0.6) is 0 Å². The van der Waals surface area contributed by atoms with Crippen LogP contribution in [0.3, 0.4) is 0 Å². The third-order valence-corrected chi connectivity index (χ3v) is 4.32. The van der Waals surface area contributed by atoms with E-state index in [-0.39, 0.29) is 0 Å². The summed E-state index contributed by atoms with van der Waals surface area (Å²) in [5.41, 5.74) is 4.52. The minimum Gasteiger partial charge on any atom is -0.388 e. The van der Waals surface area contributed by atoms with Crippen LogP contribution in [0.25, 0.3) is 16.5 Å². The van der Waals surface area contributed by atoms with Crippen molar-refractivity contribution in [1.29, 1.82) is 5.41 Å². The predicted molar refractivity (Wildman–Crippen MR) is 118 cm³/mol. The third kappa shape index (κ3) is 4.65. The van der Waals surface area contributed by atoms with Crippen LogP contribution in [0.2, 0.25) is 0 Å². The second-order valence-electron chi connectivity index (χ2n) is 6.79. The van der Waals surface area contributed by atoms with E-state index in [4.69, 9.17) is 10.4 Å². The minimum absolute atomic E-state index is 0.298. The summed E-state index contributed by atoms with van der Waals surface area (Å²) in [6.07, 6.45) is 4.95. The summed E-state index contributed by atoms with van der Waals surface area (Å²) in [6, 6.07) is 14.4. The van der Waals surface area contributed by atoms with Gasteiger partial charge in [0.15, 0.2) is 0 Å². The van der Waals surface area contributed by atoms with Crippen LogP contribution in [0.15, 0.2) is 54.9 Å². The molecule has 0 spiro atoms. The van der Waals surface area contributed by atoms with Gasteiger partial charge in [-0.15, -0.1) is 0 Å². The van der Waals surface area contributed by atoms with E-state index in [0.717, 1.165) is 39.2 Å². The number of benzene rings is 1. The molecule has 0 radical (unpaired) electrons. The highest BCUT2D eigenvalue weighted by atomic mass is 15.0. The zero-order chi connectivity index (χ0) is 19.9. The zero-order valence-electron chi connectivity index (χ0n) is 16.5. The maximum atomic E-state index is 7.71. The number of hydrogen-bond donors (Lipinski definition) is 4. The Hall–Kier alpha value is -3.41. The molecule has 1 aromatic carbocycles. The lowest BCUT2D eigenvalue weighted by Crippen LogP contribution is -2.16. The van der Waals surface area contributed by atoms with Gasteiger partial charge in [-0.1, -0.05) is 12.1 Å². The quantitative estimate of drug-likeness (QED) is 0.442. The topological polar surface area (TPSA) is 85.7 Å². The van der Waals surface area contributed by atoms with E-state index >= 15 is 0 Å². The minimum atomic E-state index is 0.298. The van der Waals surface area contributed by atoms with Crippen molar-refractivity contribution in [3.8, 4) is 0 Å². The van der Waals surface area contributed by atoms with Crippen molar-refractivity contribution in [2.45, 2.75) is 26.4 Å². The van der Waals surface area contributed by atoms with Crippen LogP contribution in [-0.4, -0.2) is 29.3 Å². The van der Waals surface area contributed by atoms with Crippen LogP contribution < -0.4 is 16.0 Å². The number of allylic oxidation sites excluding steroid dienone is 1. The van der Waals surface area contributed by atoms with Crippen molar-refractivity contribution in [2.24, 2.45) is 0 Å². The monoisotopic (exact) mass is 374 g/mol. The maximum absolute atomic E-state index is 7.71. The normalized spacial score (nSPS) is 11.5. The summed E-state index contributed by atoms with van der Waals surface area (Å²) in [6.45, 7) is 4.76. The van der Waals surface area contributed by atoms with Gasteiger partial charge in [0.25, 0.3) is 0 Å². The number of anilines is 2. The first kappa shape index (κ1) is 19.4. The van der Waals surface area contributed by atoms with E-state index in [9.17, 15) is 0 Å². The Morgan fingerprint density at radius 1 is 1.18 bits per heavy atom. The summed E-state index contributed by atoms with van der Waals surface area (Å²) < 4.78 is 0. The highest BCUT2D eigenvalue weighted by Gasteiger charge is 2.08. The molecule has 3 rings (SSSR count). The lowest BCUT2D eigenvalue weighted by atomic mass is 10.1. The van der Waals surface area contributed by atoms with Gasteiger partial charge in [-0.05, 0) is 49.7 Å². The molecule has 0 atom stereocenters. The Morgan fingerprint density at radius 3 is 2.79 bits per heavy atom. The maximum Gasteiger partial charge on any atom is 0.150 e. The first-order valence-corrected chi connectivity index (χ1v) is 9.34. The molecule has 28 heavy (non-hydrogen) atoms. The van der Waals surface area contributed by atoms with Crippen LogP contribution in [0.1, 0.15) is 25.1 Å². The van der Waals surface area contributed by atoms with Gasteiger partial charge in [0.2, 0.25) is 0 Å². The standard InChI is InChI=1S/C22H26N6/c1-15(2)26-14-18(12-23)20-8-9-21(24-3)22(28-20)27-13-16-6-7-19-17(11-16)5-4-10-25-19/h4-12,14-15,23-24,26H,13H2,1-3H3,(H,27,28)/b18-14+,23-12?. The van der Waals surface area contributed by atoms with E-state index in [1.165, 1.54) is 6.21 Å². The second kappa shape index (κ2) is 8.99. The van der Waals surface area contributed by atoms with Crippen molar-refractivity contribution in [3.63, 3.8) is 0 Å². The van der Waals surface area contributed by atoms with Crippen molar-refractivity contribution in [3.05, 3.63) is 66.1 Å². The summed E-state index contributed by atoms with van der Waals surface area (Å²) in [4.78, 5) is 9.09. The summed E-state index contributed by atoms with van der Waals surface area (Å²) in [5, 5.41) is 18.6. The van der Waals surface area contributed by atoms with Gasteiger partial charge < -0.3 is 21.4 Å². The molecule has 2 heterocycles. The third-order valence-electron chi connectivity index (χ3n) is 4.32. The van der Waals surface area contributed by atoms with Crippen LogP contribution >= 0.6 is 0 Å². The average Bonchev–Trinajstić information content (AvgIpc) is 2.72. The zero-order valence-corrected chi connectivity index (χ0v) is 16.5. The van der Waals surface area contributed by atoms with Crippen molar-refractivity contribution < 1.29 is 0 Å².